The summed E-state index contributed by atoms with van der Waals surface area (Å²) in [5.41, 5.74) is 1.27. The van der Waals surface area contributed by atoms with Crippen molar-refractivity contribution in [1.29, 1.82) is 0 Å². The van der Waals surface area contributed by atoms with E-state index >= 15 is 0 Å². The molecule has 1 unspecified atom stereocenters. The first-order valence-electron chi connectivity index (χ1n) is 10.9. The van der Waals surface area contributed by atoms with Crippen LogP contribution in [-0.2, 0) is 9.53 Å². The zero-order valence-electron chi connectivity index (χ0n) is 18.7. The van der Waals surface area contributed by atoms with Gasteiger partial charge in [0.25, 0.3) is 5.91 Å². The lowest BCUT2D eigenvalue weighted by molar-refractivity contribution is -0.141. The van der Waals surface area contributed by atoms with Gasteiger partial charge in [-0.1, -0.05) is 24.3 Å². The van der Waals surface area contributed by atoms with E-state index in [1.807, 2.05) is 41.3 Å². The fourth-order valence-corrected chi connectivity index (χ4v) is 3.75. The highest BCUT2D eigenvalue weighted by molar-refractivity contribution is 5.95. The van der Waals surface area contributed by atoms with E-state index in [-0.39, 0.29) is 24.5 Å². The van der Waals surface area contributed by atoms with Gasteiger partial charge in [-0.05, 0) is 50.6 Å². The van der Waals surface area contributed by atoms with E-state index in [0.717, 1.165) is 5.56 Å². The van der Waals surface area contributed by atoms with Crippen LogP contribution < -0.4 is 15.0 Å². The van der Waals surface area contributed by atoms with Gasteiger partial charge in [0, 0.05) is 23.9 Å². The Morgan fingerprint density at radius 1 is 1.12 bits per heavy atom. The molecule has 1 aliphatic heterocycles. The largest absolute Gasteiger partial charge is 0.465 e. The maximum Gasteiger partial charge on any atom is 0.325 e. The predicted octanol–water partition coefficient (Wildman–Crippen LogP) is 3.82. The van der Waals surface area contributed by atoms with Crippen molar-refractivity contribution in [1.82, 2.24) is 15.3 Å². The molecule has 1 aliphatic rings. The second-order valence-electron chi connectivity index (χ2n) is 7.68. The molecule has 0 aliphatic carbocycles. The van der Waals surface area contributed by atoms with Crippen LogP contribution in [0.5, 0.6) is 11.5 Å². The van der Waals surface area contributed by atoms with Gasteiger partial charge in [0.1, 0.15) is 29.7 Å². The highest BCUT2D eigenvalue weighted by Crippen LogP contribution is 2.32. The van der Waals surface area contributed by atoms with Crippen molar-refractivity contribution in [2.75, 3.05) is 24.6 Å². The fraction of sp³-hybridized carbons (Fsp3) is 0.280. The number of aryl methyl sites for hydroxylation is 1. The Hall–Kier alpha value is -3.94. The van der Waals surface area contributed by atoms with Gasteiger partial charge in [-0.3, -0.25) is 9.59 Å². The molecule has 4 rings (SSSR count). The second kappa shape index (κ2) is 10.1. The van der Waals surface area contributed by atoms with Crippen LogP contribution in [0.1, 0.15) is 41.1 Å². The molecule has 0 saturated heterocycles. The first-order chi connectivity index (χ1) is 16.0. The molecule has 0 spiro atoms. The van der Waals surface area contributed by atoms with Crippen molar-refractivity contribution in [3.05, 3.63) is 77.7 Å². The van der Waals surface area contributed by atoms with Crippen LogP contribution in [0.4, 0.5) is 5.82 Å². The quantitative estimate of drug-likeness (QED) is 0.552. The summed E-state index contributed by atoms with van der Waals surface area (Å²) in [4.78, 5) is 35.8. The number of esters is 1. The highest BCUT2D eigenvalue weighted by atomic mass is 16.5. The number of nitrogens with zero attached hydrogens (tertiary/aromatic N) is 3. The van der Waals surface area contributed by atoms with Gasteiger partial charge in [0.05, 0.1) is 12.6 Å². The number of aromatic nitrogens is 2. The Balaban J connectivity index is 1.50. The minimum Gasteiger partial charge on any atom is -0.465 e. The molecular weight excluding hydrogens is 420 g/mol. The SMILES string of the molecule is CCOC(=O)CN1CCC(NC(=O)c2cccc(Oc3ccccc3)c2)c2cnc(C)nc21. The van der Waals surface area contributed by atoms with Crippen LogP contribution in [0.2, 0.25) is 0 Å². The lowest BCUT2D eigenvalue weighted by atomic mass is 10.00. The predicted molar refractivity (Wildman–Crippen MR) is 123 cm³/mol. The molecule has 0 radical (unpaired) electrons. The summed E-state index contributed by atoms with van der Waals surface area (Å²) in [5.74, 6) is 2.00. The summed E-state index contributed by atoms with van der Waals surface area (Å²) in [6.45, 7) is 4.57. The first-order valence-corrected chi connectivity index (χ1v) is 10.9. The molecule has 0 saturated carbocycles. The Morgan fingerprint density at radius 2 is 1.91 bits per heavy atom. The lowest BCUT2D eigenvalue weighted by Crippen LogP contribution is -2.41. The average Bonchev–Trinajstić information content (AvgIpc) is 2.81. The molecule has 1 atom stereocenters. The Bertz CT molecular complexity index is 1140. The first kappa shape index (κ1) is 22.3. The molecule has 0 bridgehead atoms. The number of fused-ring (bicyclic) bond motifs is 1. The van der Waals surface area contributed by atoms with Crippen molar-refractivity contribution in [2.24, 2.45) is 0 Å². The number of nitrogens with one attached hydrogen (secondary N) is 1. The number of hydrogen-bond acceptors (Lipinski definition) is 7. The Labute approximate surface area is 192 Å². The second-order valence-corrected chi connectivity index (χ2v) is 7.68. The van der Waals surface area contributed by atoms with E-state index in [1.165, 1.54) is 0 Å². The topological polar surface area (TPSA) is 93.7 Å². The van der Waals surface area contributed by atoms with Crippen LogP contribution in [0.3, 0.4) is 0 Å². The minimum absolute atomic E-state index is 0.108. The summed E-state index contributed by atoms with van der Waals surface area (Å²) < 4.78 is 10.9. The maximum atomic E-state index is 13.0. The van der Waals surface area contributed by atoms with Gasteiger partial charge in [0.2, 0.25) is 0 Å². The average molecular weight is 447 g/mol. The van der Waals surface area contributed by atoms with E-state index in [1.54, 1.807) is 38.2 Å². The maximum absolute atomic E-state index is 13.0. The monoisotopic (exact) mass is 446 g/mol. The van der Waals surface area contributed by atoms with Gasteiger partial charge >= 0.3 is 5.97 Å². The molecule has 3 aromatic rings. The number of anilines is 1. The van der Waals surface area contributed by atoms with Gasteiger partial charge in [-0.25, -0.2) is 9.97 Å². The van der Waals surface area contributed by atoms with Crippen molar-refractivity contribution < 1.29 is 19.1 Å². The minimum atomic E-state index is -0.308. The molecule has 33 heavy (non-hydrogen) atoms. The zero-order valence-corrected chi connectivity index (χ0v) is 18.7. The van der Waals surface area contributed by atoms with Crippen molar-refractivity contribution >= 4 is 17.7 Å². The lowest BCUT2D eigenvalue weighted by Gasteiger charge is -2.34. The number of carbonyl (C=O) groups is 2. The summed E-state index contributed by atoms with van der Waals surface area (Å²) in [6, 6.07) is 16.2. The normalized spacial score (nSPS) is 14.8. The number of carbonyl (C=O) groups excluding carboxylic acids is 2. The van der Waals surface area contributed by atoms with E-state index in [9.17, 15) is 9.59 Å². The molecule has 1 aromatic heterocycles. The molecule has 8 heteroatoms. The fourth-order valence-electron chi connectivity index (χ4n) is 3.75. The van der Waals surface area contributed by atoms with Crippen LogP contribution in [0.25, 0.3) is 0 Å². The molecule has 1 amide bonds. The molecule has 0 fully saturated rings. The molecule has 170 valence electrons. The summed E-state index contributed by atoms with van der Waals surface area (Å²) >= 11 is 0. The molecule has 2 aromatic carbocycles. The molecular formula is C25H26N4O4. The Kier molecular flexibility index (Phi) is 6.83. The van der Waals surface area contributed by atoms with E-state index < -0.39 is 0 Å². The van der Waals surface area contributed by atoms with Gasteiger partial charge in [-0.15, -0.1) is 0 Å². The van der Waals surface area contributed by atoms with Crippen molar-refractivity contribution in [3.63, 3.8) is 0 Å². The number of hydrogen-bond donors (Lipinski definition) is 1. The summed E-state index contributed by atoms with van der Waals surface area (Å²) in [7, 11) is 0. The third kappa shape index (κ3) is 5.46. The number of rotatable bonds is 7. The number of para-hydroxylation sites is 1. The molecule has 2 heterocycles. The summed E-state index contributed by atoms with van der Waals surface area (Å²) in [6.07, 6.45) is 2.33. The molecule has 8 nitrogen and oxygen atoms in total. The number of amides is 1. The Morgan fingerprint density at radius 3 is 2.70 bits per heavy atom. The van der Waals surface area contributed by atoms with Crippen LogP contribution in [0, 0.1) is 6.92 Å². The standard InChI is InChI=1S/C25H26N4O4/c1-3-32-23(30)16-29-13-12-22(21-15-26-17(2)27-24(21)29)28-25(31)18-8-7-11-20(14-18)33-19-9-5-4-6-10-19/h4-11,14-15,22H,3,12-13,16H2,1-2H3,(H,28,31). The number of ether oxygens (including phenoxy) is 2. The third-order valence-electron chi connectivity index (χ3n) is 5.28. The van der Waals surface area contributed by atoms with E-state index in [0.29, 0.717) is 48.3 Å². The van der Waals surface area contributed by atoms with Crippen molar-refractivity contribution in [3.8, 4) is 11.5 Å². The zero-order chi connectivity index (χ0) is 23.2. The number of benzene rings is 2. The smallest absolute Gasteiger partial charge is 0.325 e. The van der Waals surface area contributed by atoms with Crippen molar-refractivity contribution in [2.45, 2.75) is 26.3 Å². The van der Waals surface area contributed by atoms with E-state index in [2.05, 4.69) is 15.3 Å². The third-order valence-corrected chi connectivity index (χ3v) is 5.28. The molecule has 1 N–H and O–H groups in total. The van der Waals surface area contributed by atoms with Gasteiger partial charge in [-0.2, -0.15) is 0 Å². The van der Waals surface area contributed by atoms with Crippen LogP contribution in [-0.4, -0.2) is 41.5 Å². The van der Waals surface area contributed by atoms with Gasteiger partial charge in [0.15, 0.2) is 0 Å². The summed E-state index contributed by atoms with van der Waals surface area (Å²) in [5, 5.41) is 3.08. The van der Waals surface area contributed by atoms with Crippen LogP contribution >= 0.6 is 0 Å². The van der Waals surface area contributed by atoms with Gasteiger partial charge < -0.3 is 19.7 Å². The van der Waals surface area contributed by atoms with E-state index in [4.69, 9.17) is 9.47 Å². The highest BCUT2D eigenvalue weighted by Gasteiger charge is 2.29. The van der Waals surface area contributed by atoms with Crippen LogP contribution in [0.15, 0.2) is 60.8 Å².